The van der Waals surface area contributed by atoms with Crippen LogP contribution in [0.25, 0.3) is 65.5 Å². The Balaban J connectivity index is 1.40. The zero-order valence-corrected chi connectivity index (χ0v) is 23.0. The maximum atomic E-state index is 9.37. The quantitative estimate of drug-likeness (QED) is 0.171. The summed E-state index contributed by atoms with van der Waals surface area (Å²) in [6.07, 6.45) is 8.24. The summed E-state index contributed by atoms with van der Waals surface area (Å²) in [5.74, 6) is 0. The molecule has 7 rings (SSSR count). The third kappa shape index (κ3) is 4.44. The Morgan fingerprint density at radius 1 is 0.561 bits per heavy atom. The third-order valence-electron chi connectivity index (χ3n) is 8.02. The second kappa shape index (κ2) is 10.4. The van der Waals surface area contributed by atoms with Gasteiger partial charge in [-0.3, -0.25) is 5.41 Å². The van der Waals surface area contributed by atoms with Crippen molar-refractivity contribution >= 4 is 43.2 Å². The molecule has 0 unspecified atom stereocenters. The van der Waals surface area contributed by atoms with Gasteiger partial charge in [0.15, 0.2) is 0 Å². The first-order valence-corrected chi connectivity index (χ1v) is 14.1. The molecule has 0 aliphatic heterocycles. The Bertz CT molecular complexity index is 2200. The van der Waals surface area contributed by atoms with Gasteiger partial charge < -0.3 is 4.57 Å². The van der Waals surface area contributed by atoms with Gasteiger partial charge in [0.1, 0.15) is 5.49 Å². The first kappa shape index (κ1) is 24.8. The second-order valence-electron chi connectivity index (χ2n) is 10.5. The van der Waals surface area contributed by atoms with Gasteiger partial charge in [0.2, 0.25) is 0 Å². The summed E-state index contributed by atoms with van der Waals surface area (Å²) in [5, 5.41) is 17.4. The van der Waals surface area contributed by atoms with Gasteiger partial charge in [-0.1, -0.05) is 127 Å². The van der Waals surface area contributed by atoms with Crippen LogP contribution in [0.1, 0.15) is 6.92 Å². The van der Waals surface area contributed by atoms with Crippen LogP contribution in [-0.4, -0.2) is 4.57 Å². The first-order chi connectivity index (χ1) is 20.2. The molecule has 0 saturated carbocycles. The molecule has 2 heteroatoms. The molecular formula is C39H30N2. The number of nitrogens with one attached hydrogen (secondary N) is 1. The van der Waals surface area contributed by atoms with Crippen LogP contribution in [0.15, 0.2) is 146 Å². The van der Waals surface area contributed by atoms with Gasteiger partial charge in [-0.25, -0.2) is 0 Å². The lowest BCUT2D eigenvalue weighted by atomic mass is 9.95. The van der Waals surface area contributed by atoms with E-state index in [2.05, 4.69) is 138 Å². The van der Waals surface area contributed by atoms with Crippen LogP contribution < -0.4 is 5.49 Å². The highest BCUT2D eigenvalue weighted by molar-refractivity contribution is 6.16. The lowest BCUT2D eigenvalue weighted by molar-refractivity contribution is 0.794. The minimum absolute atomic E-state index is 0.540. The predicted molar refractivity (Wildman–Crippen MR) is 175 cm³/mol. The first-order valence-electron chi connectivity index (χ1n) is 14.1. The van der Waals surface area contributed by atoms with Gasteiger partial charge in [0.25, 0.3) is 0 Å². The molecule has 0 aliphatic rings. The van der Waals surface area contributed by atoms with Crippen LogP contribution in [0, 0.1) is 5.41 Å². The van der Waals surface area contributed by atoms with E-state index in [1.54, 1.807) is 0 Å². The number of rotatable bonds is 5. The second-order valence-corrected chi connectivity index (χ2v) is 10.5. The van der Waals surface area contributed by atoms with Crippen LogP contribution in [0.3, 0.4) is 0 Å². The van der Waals surface area contributed by atoms with Crippen LogP contribution in [0.4, 0.5) is 0 Å². The maximum absolute atomic E-state index is 9.37. The molecule has 0 spiro atoms. The molecule has 0 aliphatic carbocycles. The Kier molecular flexibility index (Phi) is 6.29. The molecule has 0 fully saturated rings. The van der Waals surface area contributed by atoms with Gasteiger partial charge in [-0.05, 0) is 74.3 Å². The van der Waals surface area contributed by atoms with Gasteiger partial charge in [-0.15, -0.1) is 0 Å². The Morgan fingerprint density at radius 3 is 1.98 bits per heavy atom. The van der Waals surface area contributed by atoms with Crippen LogP contribution in [0.2, 0.25) is 0 Å². The minimum Gasteiger partial charge on any atom is -0.322 e. The SMILES string of the molecule is C/C=C\C=C/Cn1c(=N)c2c3ccccc3ccc2c2ccc(-c3ccc4cc(-c5ccccc5)ccc4c3)cc21. The minimum atomic E-state index is 0.540. The van der Waals surface area contributed by atoms with E-state index in [1.165, 1.54) is 32.8 Å². The smallest absolute Gasteiger partial charge is 0.134 e. The van der Waals surface area contributed by atoms with E-state index in [-0.39, 0.29) is 0 Å². The van der Waals surface area contributed by atoms with Gasteiger partial charge in [0, 0.05) is 17.3 Å². The Labute approximate surface area is 239 Å². The average Bonchev–Trinajstić information content (AvgIpc) is 3.03. The summed E-state index contributed by atoms with van der Waals surface area (Å²) >= 11 is 0. The Hall–Kier alpha value is -5.21. The maximum Gasteiger partial charge on any atom is 0.134 e. The fourth-order valence-electron chi connectivity index (χ4n) is 5.95. The summed E-state index contributed by atoms with van der Waals surface area (Å²) in [6.45, 7) is 2.64. The highest BCUT2D eigenvalue weighted by atomic mass is 15.0. The van der Waals surface area contributed by atoms with Gasteiger partial charge >= 0.3 is 0 Å². The largest absolute Gasteiger partial charge is 0.322 e. The van der Waals surface area contributed by atoms with Crippen LogP contribution in [0.5, 0.6) is 0 Å². The highest BCUT2D eigenvalue weighted by Crippen LogP contribution is 2.33. The summed E-state index contributed by atoms with van der Waals surface area (Å²) in [5.41, 5.74) is 6.39. The van der Waals surface area contributed by atoms with Crippen molar-refractivity contribution in [2.75, 3.05) is 0 Å². The topological polar surface area (TPSA) is 28.8 Å². The average molecular weight is 527 g/mol. The zero-order valence-electron chi connectivity index (χ0n) is 23.0. The highest BCUT2D eigenvalue weighted by Gasteiger charge is 2.13. The number of benzene rings is 6. The van der Waals surface area contributed by atoms with E-state index >= 15 is 0 Å². The molecule has 1 aromatic heterocycles. The summed E-state index contributed by atoms with van der Waals surface area (Å²) in [6, 6.07) is 43.4. The summed E-state index contributed by atoms with van der Waals surface area (Å²) in [4.78, 5) is 0. The molecule has 0 radical (unpaired) electrons. The molecule has 41 heavy (non-hydrogen) atoms. The lowest BCUT2D eigenvalue weighted by Gasteiger charge is -2.16. The molecular weight excluding hydrogens is 496 g/mol. The van der Waals surface area contributed by atoms with E-state index in [0.29, 0.717) is 12.0 Å². The molecule has 0 amide bonds. The van der Waals surface area contributed by atoms with Crippen molar-refractivity contribution in [1.29, 1.82) is 5.41 Å². The normalized spacial score (nSPS) is 12.0. The number of allylic oxidation sites excluding steroid dienone is 4. The predicted octanol–water partition coefficient (Wildman–Crippen LogP) is 10.0. The molecule has 2 nitrogen and oxygen atoms in total. The van der Waals surface area contributed by atoms with E-state index < -0.39 is 0 Å². The van der Waals surface area contributed by atoms with E-state index in [1.807, 2.05) is 19.1 Å². The number of aromatic nitrogens is 1. The van der Waals surface area contributed by atoms with Crippen LogP contribution >= 0.6 is 0 Å². The van der Waals surface area contributed by atoms with Gasteiger partial charge in [-0.2, -0.15) is 0 Å². The van der Waals surface area contributed by atoms with Crippen molar-refractivity contribution in [3.05, 3.63) is 151 Å². The molecule has 6 aromatic carbocycles. The number of pyridine rings is 1. The van der Waals surface area contributed by atoms with Crippen molar-refractivity contribution in [1.82, 2.24) is 4.57 Å². The number of fused-ring (bicyclic) bond motifs is 6. The molecule has 196 valence electrons. The standard InChI is InChI=1S/C39H30N2/c1-2-3-4-10-23-41-37-26-33(20-21-35(37)36-22-19-28-13-8-9-14-34(28)38(36)39(41)40)32-18-17-30-24-29(15-16-31(30)25-32)27-11-6-5-7-12-27/h2-22,24-26,40H,23H2,1H3/b3-2-,10-4-,40-39?. The van der Waals surface area contributed by atoms with E-state index in [4.69, 9.17) is 0 Å². The zero-order chi connectivity index (χ0) is 27.8. The van der Waals surface area contributed by atoms with Crippen molar-refractivity contribution in [3.8, 4) is 22.3 Å². The number of nitrogens with zero attached hydrogens (tertiary/aromatic N) is 1. The fraction of sp³-hybridized carbons (Fsp3) is 0.0513. The van der Waals surface area contributed by atoms with Crippen molar-refractivity contribution in [2.24, 2.45) is 0 Å². The van der Waals surface area contributed by atoms with E-state index in [0.717, 1.165) is 32.6 Å². The van der Waals surface area contributed by atoms with Crippen molar-refractivity contribution in [3.63, 3.8) is 0 Å². The fourth-order valence-corrected chi connectivity index (χ4v) is 5.95. The molecule has 1 N–H and O–H groups in total. The molecule has 0 bridgehead atoms. The molecule has 0 saturated heterocycles. The monoisotopic (exact) mass is 526 g/mol. The summed E-state index contributed by atoms with van der Waals surface area (Å²) < 4.78 is 2.14. The molecule has 1 heterocycles. The summed E-state index contributed by atoms with van der Waals surface area (Å²) in [7, 11) is 0. The third-order valence-corrected chi connectivity index (χ3v) is 8.02. The number of hydrogen-bond acceptors (Lipinski definition) is 1. The molecule has 7 aromatic rings. The number of hydrogen-bond donors (Lipinski definition) is 1. The van der Waals surface area contributed by atoms with Crippen molar-refractivity contribution in [2.45, 2.75) is 13.5 Å². The molecule has 0 atom stereocenters. The van der Waals surface area contributed by atoms with Crippen molar-refractivity contribution < 1.29 is 0 Å². The van der Waals surface area contributed by atoms with Gasteiger partial charge in [0.05, 0.1) is 5.52 Å². The van der Waals surface area contributed by atoms with Crippen LogP contribution in [-0.2, 0) is 6.54 Å². The van der Waals surface area contributed by atoms with E-state index in [9.17, 15) is 5.41 Å². The lowest BCUT2D eigenvalue weighted by Crippen LogP contribution is -2.21. The Morgan fingerprint density at radius 2 is 1.20 bits per heavy atom.